The van der Waals surface area contributed by atoms with Crippen LogP contribution in [-0.2, 0) is 16.0 Å². The molecule has 140 valence electrons. The normalized spacial score (nSPS) is 10.6. The molecule has 1 amide bonds. The van der Waals surface area contributed by atoms with Crippen molar-refractivity contribution >= 4 is 28.3 Å². The number of nitrogens with one attached hydrogen (secondary N) is 1. The van der Waals surface area contributed by atoms with Gasteiger partial charge in [-0.05, 0) is 38.1 Å². The molecule has 2 aromatic heterocycles. The average Bonchev–Trinajstić information content (AvgIpc) is 3.22. The Kier molecular flexibility index (Phi) is 5.55. The Morgan fingerprint density at radius 3 is 2.70 bits per heavy atom. The zero-order valence-electron chi connectivity index (χ0n) is 14.6. The molecule has 0 saturated heterocycles. The SMILES string of the molecule is CCOC(=O)Cc1csc(NC(=O)c2nc(C)n(-c3ccc(F)cc3)n2)n1. The number of nitrogens with zero attached hydrogens (tertiary/aromatic N) is 4. The molecule has 10 heteroatoms. The standard InChI is InChI=1S/C17H16FN5O3S/c1-3-26-14(24)8-12-9-27-17(20-12)21-16(25)15-19-10(2)23(22-15)13-6-4-11(18)5-7-13/h4-7,9H,3,8H2,1-2H3,(H,20,21,25). The second-order valence-corrected chi connectivity index (χ2v) is 6.31. The molecule has 0 aliphatic rings. The highest BCUT2D eigenvalue weighted by molar-refractivity contribution is 7.14. The Labute approximate surface area is 158 Å². The molecule has 2 heterocycles. The molecule has 0 atom stereocenters. The van der Waals surface area contributed by atoms with Crippen LogP contribution in [0.1, 0.15) is 29.1 Å². The van der Waals surface area contributed by atoms with Crippen LogP contribution < -0.4 is 5.32 Å². The van der Waals surface area contributed by atoms with Crippen molar-refractivity contribution in [2.45, 2.75) is 20.3 Å². The van der Waals surface area contributed by atoms with Gasteiger partial charge in [0, 0.05) is 5.38 Å². The molecule has 0 bridgehead atoms. The number of benzene rings is 1. The number of halogens is 1. The maximum Gasteiger partial charge on any atom is 0.311 e. The van der Waals surface area contributed by atoms with Gasteiger partial charge in [-0.15, -0.1) is 16.4 Å². The molecular formula is C17H16FN5O3S. The van der Waals surface area contributed by atoms with Crippen LogP contribution in [0.15, 0.2) is 29.6 Å². The number of anilines is 1. The van der Waals surface area contributed by atoms with E-state index in [9.17, 15) is 14.0 Å². The summed E-state index contributed by atoms with van der Waals surface area (Å²) < 4.78 is 19.4. The summed E-state index contributed by atoms with van der Waals surface area (Å²) in [5, 5.41) is 8.76. The van der Waals surface area contributed by atoms with E-state index in [1.807, 2.05) is 0 Å². The van der Waals surface area contributed by atoms with Gasteiger partial charge in [-0.2, -0.15) is 0 Å². The van der Waals surface area contributed by atoms with Gasteiger partial charge in [0.25, 0.3) is 5.91 Å². The number of hydrogen-bond donors (Lipinski definition) is 1. The lowest BCUT2D eigenvalue weighted by molar-refractivity contribution is -0.142. The van der Waals surface area contributed by atoms with Crippen LogP contribution in [0.4, 0.5) is 9.52 Å². The van der Waals surface area contributed by atoms with Crippen molar-refractivity contribution < 1.29 is 18.7 Å². The molecule has 0 unspecified atom stereocenters. The van der Waals surface area contributed by atoms with E-state index in [1.165, 1.54) is 28.2 Å². The van der Waals surface area contributed by atoms with Gasteiger partial charge in [0.05, 0.1) is 24.4 Å². The van der Waals surface area contributed by atoms with Gasteiger partial charge in [-0.3, -0.25) is 14.9 Å². The van der Waals surface area contributed by atoms with E-state index in [0.717, 1.165) is 0 Å². The quantitative estimate of drug-likeness (QED) is 0.651. The van der Waals surface area contributed by atoms with Gasteiger partial charge in [-0.1, -0.05) is 0 Å². The molecule has 3 aromatic rings. The number of aromatic nitrogens is 4. The molecule has 0 saturated carbocycles. The molecule has 27 heavy (non-hydrogen) atoms. The number of carbonyl (C=O) groups excluding carboxylic acids is 2. The van der Waals surface area contributed by atoms with E-state index in [2.05, 4.69) is 20.4 Å². The summed E-state index contributed by atoms with van der Waals surface area (Å²) in [5.41, 5.74) is 1.10. The fourth-order valence-corrected chi connectivity index (χ4v) is 2.98. The Hall–Kier alpha value is -3.14. The fourth-order valence-electron chi connectivity index (χ4n) is 2.27. The van der Waals surface area contributed by atoms with Gasteiger partial charge in [0.2, 0.25) is 5.82 Å². The summed E-state index contributed by atoms with van der Waals surface area (Å²) in [4.78, 5) is 32.1. The lowest BCUT2D eigenvalue weighted by Gasteiger charge is -2.01. The third kappa shape index (κ3) is 4.53. The molecule has 8 nitrogen and oxygen atoms in total. The van der Waals surface area contributed by atoms with Gasteiger partial charge in [0.15, 0.2) is 5.13 Å². The Morgan fingerprint density at radius 1 is 1.26 bits per heavy atom. The van der Waals surface area contributed by atoms with Crippen molar-refractivity contribution in [2.24, 2.45) is 0 Å². The Balaban J connectivity index is 1.70. The first-order valence-electron chi connectivity index (χ1n) is 8.07. The third-order valence-corrected chi connectivity index (χ3v) is 4.25. The van der Waals surface area contributed by atoms with Gasteiger partial charge in [-0.25, -0.2) is 19.0 Å². The van der Waals surface area contributed by atoms with Crippen molar-refractivity contribution in [3.05, 3.63) is 52.8 Å². The van der Waals surface area contributed by atoms with Crippen molar-refractivity contribution in [3.8, 4) is 5.69 Å². The van der Waals surface area contributed by atoms with Crippen LogP contribution in [0.2, 0.25) is 0 Å². The second-order valence-electron chi connectivity index (χ2n) is 5.45. The summed E-state index contributed by atoms with van der Waals surface area (Å²) in [6.45, 7) is 3.72. The fraction of sp³-hybridized carbons (Fsp3) is 0.235. The van der Waals surface area contributed by atoms with Crippen molar-refractivity contribution in [1.29, 1.82) is 0 Å². The average molecular weight is 389 g/mol. The van der Waals surface area contributed by atoms with Crippen molar-refractivity contribution in [2.75, 3.05) is 11.9 Å². The summed E-state index contributed by atoms with van der Waals surface area (Å²) in [6.07, 6.45) is 0.0385. The maximum atomic E-state index is 13.1. The van der Waals surface area contributed by atoms with Crippen LogP contribution in [-0.4, -0.2) is 38.2 Å². The number of carbonyl (C=O) groups is 2. The van der Waals surface area contributed by atoms with Crippen LogP contribution >= 0.6 is 11.3 Å². The lowest BCUT2D eigenvalue weighted by Crippen LogP contribution is -2.14. The molecule has 0 radical (unpaired) electrons. The van der Waals surface area contributed by atoms with Crippen LogP contribution in [0, 0.1) is 12.7 Å². The minimum atomic E-state index is -0.531. The Bertz CT molecular complexity index is 967. The van der Waals surface area contributed by atoms with E-state index >= 15 is 0 Å². The molecule has 3 rings (SSSR count). The minimum absolute atomic E-state index is 0.0385. The first-order chi connectivity index (χ1) is 13.0. The molecule has 1 N–H and O–H groups in total. The number of rotatable bonds is 6. The van der Waals surface area contributed by atoms with Gasteiger partial charge < -0.3 is 4.74 Å². The molecule has 1 aromatic carbocycles. The zero-order chi connectivity index (χ0) is 19.4. The van der Waals surface area contributed by atoms with Crippen molar-refractivity contribution in [3.63, 3.8) is 0 Å². The van der Waals surface area contributed by atoms with E-state index in [0.29, 0.717) is 28.9 Å². The summed E-state index contributed by atoms with van der Waals surface area (Å²) in [7, 11) is 0. The zero-order valence-corrected chi connectivity index (χ0v) is 15.4. The van der Waals surface area contributed by atoms with Gasteiger partial charge >= 0.3 is 5.97 Å². The van der Waals surface area contributed by atoms with Crippen molar-refractivity contribution in [1.82, 2.24) is 19.7 Å². The summed E-state index contributed by atoms with van der Waals surface area (Å²) in [5.74, 6) is -0.836. The number of aryl methyl sites for hydroxylation is 1. The predicted octanol–water partition coefficient (Wildman–Crippen LogP) is 2.53. The highest BCUT2D eigenvalue weighted by Crippen LogP contribution is 2.17. The van der Waals surface area contributed by atoms with E-state index in [-0.39, 0.29) is 24.0 Å². The predicted molar refractivity (Wildman–Crippen MR) is 96.5 cm³/mol. The lowest BCUT2D eigenvalue weighted by atomic mass is 10.3. The molecular weight excluding hydrogens is 373 g/mol. The smallest absolute Gasteiger partial charge is 0.311 e. The number of amides is 1. The topological polar surface area (TPSA) is 99.0 Å². The van der Waals surface area contributed by atoms with Crippen LogP contribution in [0.3, 0.4) is 0 Å². The van der Waals surface area contributed by atoms with E-state index < -0.39 is 5.91 Å². The van der Waals surface area contributed by atoms with E-state index in [1.54, 1.807) is 31.4 Å². The highest BCUT2D eigenvalue weighted by Gasteiger charge is 2.17. The van der Waals surface area contributed by atoms with E-state index in [4.69, 9.17) is 4.74 Å². The first-order valence-corrected chi connectivity index (χ1v) is 8.95. The molecule has 0 aliphatic carbocycles. The number of thiazole rings is 1. The summed E-state index contributed by atoms with van der Waals surface area (Å²) in [6, 6.07) is 5.69. The molecule has 0 aliphatic heterocycles. The number of ether oxygens (including phenoxy) is 1. The number of hydrogen-bond acceptors (Lipinski definition) is 7. The molecule has 0 spiro atoms. The summed E-state index contributed by atoms with van der Waals surface area (Å²) >= 11 is 1.19. The second kappa shape index (κ2) is 8.04. The monoisotopic (exact) mass is 389 g/mol. The maximum absolute atomic E-state index is 13.1. The molecule has 0 fully saturated rings. The largest absolute Gasteiger partial charge is 0.466 e. The third-order valence-electron chi connectivity index (χ3n) is 3.45. The minimum Gasteiger partial charge on any atom is -0.466 e. The highest BCUT2D eigenvalue weighted by atomic mass is 32.1. The van der Waals surface area contributed by atoms with Crippen LogP contribution in [0.5, 0.6) is 0 Å². The Morgan fingerprint density at radius 2 is 2.00 bits per heavy atom. The first kappa shape index (κ1) is 18.6. The number of esters is 1. The van der Waals surface area contributed by atoms with Gasteiger partial charge in [0.1, 0.15) is 11.6 Å². The van der Waals surface area contributed by atoms with Crippen LogP contribution in [0.25, 0.3) is 5.69 Å².